The second kappa shape index (κ2) is 8.49. The number of benzene rings is 2. The molecule has 3 aromatic rings. The number of anilines is 5. The Labute approximate surface area is 172 Å². The molecule has 1 aliphatic rings. The number of hydrogen-bond donors (Lipinski definition) is 2. The van der Waals surface area contributed by atoms with Crippen LogP contribution in [0.25, 0.3) is 0 Å². The Morgan fingerprint density at radius 2 is 1.34 bits per heavy atom. The van der Waals surface area contributed by atoms with Crippen LogP contribution >= 0.6 is 0 Å². The minimum Gasteiger partial charge on any atom is -0.369 e. The van der Waals surface area contributed by atoms with Crippen LogP contribution in [0.15, 0.2) is 54.9 Å². The van der Waals surface area contributed by atoms with Gasteiger partial charge in [-0.2, -0.15) is 0 Å². The first-order valence-electron chi connectivity index (χ1n) is 10.0. The van der Waals surface area contributed by atoms with Gasteiger partial charge in [-0.15, -0.1) is 0 Å². The Morgan fingerprint density at radius 3 is 2.00 bits per heavy atom. The predicted octanol–water partition coefficient (Wildman–Crippen LogP) is 4.33. The lowest BCUT2D eigenvalue weighted by atomic mass is 10.1. The summed E-state index contributed by atoms with van der Waals surface area (Å²) in [5, 5.41) is 6.72. The molecule has 1 fully saturated rings. The number of nitrogens with zero attached hydrogens (tertiary/aromatic N) is 4. The average molecular weight is 389 g/mol. The molecule has 4 rings (SSSR count). The molecule has 1 aliphatic heterocycles. The van der Waals surface area contributed by atoms with E-state index in [2.05, 4.69) is 93.8 Å². The van der Waals surface area contributed by atoms with Crippen LogP contribution in [-0.2, 0) is 0 Å². The first kappa shape index (κ1) is 19.2. The highest BCUT2D eigenvalue weighted by Gasteiger charge is 2.14. The van der Waals surface area contributed by atoms with Crippen LogP contribution in [0, 0.1) is 13.8 Å². The van der Waals surface area contributed by atoms with Crippen molar-refractivity contribution in [2.75, 3.05) is 48.8 Å². The van der Waals surface area contributed by atoms with Crippen molar-refractivity contribution < 1.29 is 0 Å². The lowest BCUT2D eigenvalue weighted by Gasteiger charge is -2.34. The fourth-order valence-electron chi connectivity index (χ4n) is 3.43. The molecule has 0 unspecified atom stereocenters. The molecule has 0 bridgehead atoms. The molecule has 6 heteroatoms. The van der Waals surface area contributed by atoms with Crippen molar-refractivity contribution in [2.24, 2.45) is 0 Å². The summed E-state index contributed by atoms with van der Waals surface area (Å²) < 4.78 is 0. The monoisotopic (exact) mass is 388 g/mol. The highest BCUT2D eigenvalue weighted by atomic mass is 15.2. The van der Waals surface area contributed by atoms with Crippen molar-refractivity contribution in [1.82, 2.24) is 14.9 Å². The molecule has 6 nitrogen and oxygen atoms in total. The number of piperazine rings is 1. The Balaban J connectivity index is 1.41. The highest BCUT2D eigenvalue weighted by molar-refractivity contribution is 5.65. The van der Waals surface area contributed by atoms with Gasteiger partial charge in [-0.05, 0) is 68.4 Å². The van der Waals surface area contributed by atoms with E-state index >= 15 is 0 Å². The van der Waals surface area contributed by atoms with Gasteiger partial charge in [0.1, 0.15) is 18.0 Å². The lowest BCUT2D eigenvalue weighted by molar-refractivity contribution is 0.313. The van der Waals surface area contributed by atoms with Crippen LogP contribution in [0.1, 0.15) is 11.1 Å². The van der Waals surface area contributed by atoms with E-state index in [9.17, 15) is 0 Å². The molecule has 0 amide bonds. The van der Waals surface area contributed by atoms with E-state index < -0.39 is 0 Å². The van der Waals surface area contributed by atoms with Gasteiger partial charge in [0.05, 0.1) is 0 Å². The van der Waals surface area contributed by atoms with Gasteiger partial charge in [0.2, 0.25) is 0 Å². The number of aromatic nitrogens is 2. The van der Waals surface area contributed by atoms with Gasteiger partial charge in [-0.25, -0.2) is 9.97 Å². The van der Waals surface area contributed by atoms with Gasteiger partial charge >= 0.3 is 0 Å². The van der Waals surface area contributed by atoms with E-state index in [1.807, 2.05) is 6.07 Å². The molecule has 2 N–H and O–H groups in total. The molecule has 2 aromatic carbocycles. The smallest absolute Gasteiger partial charge is 0.135 e. The molecule has 0 aliphatic carbocycles. The summed E-state index contributed by atoms with van der Waals surface area (Å²) in [6.45, 7) is 8.58. The van der Waals surface area contributed by atoms with E-state index in [-0.39, 0.29) is 0 Å². The topological polar surface area (TPSA) is 56.3 Å². The Bertz CT molecular complexity index is 961. The van der Waals surface area contributed by atoms with Crippen LogP contribution in [0.4, 0.5) is 28.7 Å². The summed E-state index contributed by atoms with van der Waals surface area (Å²) in [5.41, 5.74) is 5.83. The molecule has 150 valence electrons. The highest BCUT2D eigenvalue weighted by Crippen LogP contribution is 2.23. The largest absolute Gasteiger partial charge is 0.369 e. The third-order valence-electron chi connectivity index (χ3n) is 5.45. The molecule has 0 spiro atoms. The molecule has 29 heavy (non-hydrogen) atoms. The molecular formula is C23H28N6. The van der Waals surface area contributed by atoms with E-state index in [0.717, 1.165) is 49.2 Å². The summed E-state index contributed by atoms with van der Waals surface area (Å²) in [4.78, 5) is 13.5. The number of hydrogen-bond acceptors (Lipinski definition) is 6. The first-order chi connectivity index (χ1) is 14.1. The van der Waals surface area contributed by atoms with E-state index in [1.165, 1.54) is 16.8 Å². The maximum atomic E-state index is 4.35. The van der Waals surface area contributed by atoms with Gasteiger partial charge in [0.15, 0.2) is 0 Å². The molecule has 1 saturated heterocycles. The summed E-state index contributed by atoms with van der Waals surface area (Å²) >= 11 is 0. The maximum absolute atomic E-state index is 4.35. The van der Waals surface area contributed by atoms with Gasteiger partial charge in [0.25, 0.3) is 0 Å². The lowest BCUT2D eigenvalue weighted by Crippen LogP contribution is -2.44. The SMILES string of the molecule is Cc1ccc(Nc2cc(Nc3ccc(N4CCN(C)CC4)cc3)ncn2)cc1C. The van der Waals surface area contributed by atoms with Crippen molar-refractivity contribution in [2.45, 2.75) is 13.8 Å². The normalized spacial score (nSPS) is 14.7. The number of likely N-dealkylation sites (N-methyl/N-ethyl adjacent to an activating group) is 1. The van der Waals surface area contributed by atoms with Crippen molar-refractivity contribution >= 4 is 28.7 Å². The van der Waals surface area contributed by atoms with Gasteiger partial charge < -0.3 is 20.4 Å². The van der Waals surface area contributed by atoms with Crippen molar-refractivity contribution in [1.29, 1.82) is 0 Å². The predicted molar refractivity (Wildman–Crippen MR) is 121 cm³/mol. The summed E-state index contributed by atoms with van der Waals surface area (Å²) in [6, 6.07) is 16.8. The van der Waals surface area contributed by atoms with Gasteiger partial charge in [-0.1, -0.05) is 6.07 Å². The Hall–Kier alpha value is -3.12. The summed E-state index contributed by atoms with van der Waals surface area (Å²) in [5.74, 6) is 1.53. The van der Waals surface area contributed by atoms with Gasteiger partial charge in [0, 0.05) is 49.3 Å². The zero-order valence-corrected chi connectivity index (χ0v) is 17.3. The zero-order chi connectivity index (χ0) is 20.2. The second-order valence-electron chi connectivity index (χ2n) is 7.67. The minimum absolute atomic E-state index is 0.763. The van der Waals surface area contributed by atoms with Crippen molar-refractivity contribution in [3.8, 4) is 0 Å². The molecule has 0 radical (unpaired) electrons. The van der Waals surface area contributed by atoms with Crippen LogP contribution in [0.3, 0.4) is 0 Å². The van der Waals surface area contributed by atoms with Crippen LogP contribution in [0.5, 0.6) is 0 Å². The number of aryl methyl sites for hydroxylation is 2. The summed E-state index contributed by atoms with van der Waals surface area (Å²) in [7, 11) is 2.18. The van der Waals surface area contributed by atoms with Gasteiger partial charge in [-0.3, -0.25) is 0 Å². The molecule has 0 atom stereocenters. The molecular weight excluding hydrogens is 360 g/mol. The van der Waals surface area contributed by atoms with E-state index in [1.54, 1.807) is 6.33 Å². The standard InChI is InChI=1S/C23H28N6/c1-17-4-5-20(14-18(17)2)27-23-15-22(24-16-25-23)26-19-6-8-21(9-7-19)29-12-10-28(3)11-13-29/h4-9,14-16H,10-13H2,1-3H3,(H2,24,25,26,27). The zero-order valence-electron chi connectivity index (χ0n) is 17.3. The third kappa shape index (κ3) is 4.84. The van der Waals surface area contributed by atoms with Crippen LogP contribution in [0.2, 0.25) is 0 Å². The second-order valence-corrected chi connectivity index (χ2v) is 7.67. The Kier molecular flexibility index (Phi) is 5.62. The number of nitrogens with one attached hydrogen (secondary N) is 2. The summed E-state index contributed by atoms with van der Waals surface area (Å²) in [6.07, 6.45) is 1.57. The molecule has 2 heterocycles. The average Bonchev–Trinajstić information content (AvgIpc) is 2.72. The Morgan fingerprint density at radius 1 is 0.724 bits per heavy atom. The quantitative estimate of drug-likeness (QED) is 0.678. The maximum Gasteiger partial charge on any atom is 0.135 e. The van der Waals surface area contributed by atoms with Crippen molar-refractivity contribution in [3.63, 3.8) is 0 Å². The van der Waals surface area contributed by atoms with E-state index in [0.29, 0.717) is 0 Å². The first-order valence-corrected chi connectivity index (χ1v) is 10.0. The number of rotatable bonds is 5. The third-order valence-corrected chi connectivity index (χ3v) is 5.45. The fraction of sp³-hybridized carbons (Fsp3) is 0.304. The van der Waals surface area contributed by atoms with Crippen LogP contribution in [-0.4, -0.2) is 48.1 Å². The molecule has 0 saturated carbocycles. The minimum atomic E-state index is 0.763. The van der Waals surface area contributed by atoms with E-state index in [4.69, 9.17) is 0 Å². The van der Waals surface area contributed by atoms with Crippen molar-refractivity contribution in [3.05, 3.63) is 66.0 Å². The molecule has 1 aromatic heterocycles. The fourth-order valence-corrected chi connectivity index (χ4v) is 3.43. The van der Waals surface area contributed by atoms with Crippen LogP contribution < -0.4 is 15.5 Å².